The van der Waals surface area contributed by atoms with E-state index in [1.165, 1.54) is 12.1 Å². The molecule has 0 aliphatic rings. The molecule has 2 N–H and O–H groups in total. The lowest BCUT2D eigenvalue weighted by molar-refractivity contribution is 0.253. The molecular weight excluding hydrogens is 259 g/mol. The van der Waals surface area contributed by atoms with Gasteiger partial charge in [-0.15, -0.1) is 5.92 Å². The maximum atomic E-state index is 13.3. The van der Waals surface area contributed by atoms with E-state index in [4.69, 9.17) is 0 Å². The molecule has 2 rings (SSSR count). The molecular formula is C14H13FN4O. The van der Waals surface area contributed by atoms with Gasteiger partial charge in [0, 0.05) is 12.4 Å². The van der Waals surface area contributed by atoms with E-state index in [1.807, 2.05) is 0 Å². The summed E-state index contributed by atoms with van der Waals surface area (Å²) >= 11 is 0. The summed E-state index contributed by atoms with van der Waals surface area (Å²) in [7, 11) is 0. The molecule has 0 atom stereocenters. The van der Waals surface area contributed by atoms with Crippen molar-refractivity contribution in [2.45, 2.75) is 6.92 Å². The summed E-state index contributed by atoms with van der Waals surface area (Å²) in [6, 6.07) is 5.38. The van der Waals surface area contributed by atoms with Crippen molar-refractivity contribution in [3.05, 3.63) is 42.5 Å². The van der Waals surface area contributed by atoms with Gasteiger partial charge in [-0.1, -0.05) is 5.92 Å². The SMILES string of the molecule is CC#CCNC(=O)Nc1cc(F)ccc1-n1cccn1. The molecule has 0 spiro atoms. The van der Waals surface area contributed by atoms with Crippen LogP contribution in [-0.2, 0) is 0 Å². The Bertz CT molecular complexity index is 656. The number of aromatic nitrogens is 2. The Kier molecular flexibility index (Phi) is 4.35. The number of urea groups is 1. The van der Waals surface area contributed by atoms with Gasteiger partial charge in [-0.3, -0.25) is 0 Å². The monoisotopic (exact) mass is 272 g/mol. The largest absolute Gasteiger partial charge is 0.327 e. The zero-order valence-electron chi connectivity index (χ0n) is 10.9. The fourth-order valence-corrected chi connectivity index (χ4v) is 1.60. The minimum absolute atomic E-state index is 0.231. The zero-order chi connectivity index (χ0) is 14.4. The van der Waals surface area contributed by atoms with Gasteiger partial charge in [0.25, 0.3) is 0 Å². The molecule has 1 aromatic heterocycles. The Morgan fingerprint density at radius 2 is 2.35 bits per heavy atom. The average Bonchev–Trinajstić information content (AvgIpc) is 2.93. The Hall–Kier alpha value is -2.81. The maximum absolute atomic E-state index is 13.3. The van der Waals surface area contributed by atoms with Crippen LogP contribution < -0.4 is 10.6 Å². The van der Waals surface area contributed by atoms with Crippen molar-refractivity contribution in [3.8, 4) is 17.5 Å². The molecule has 1 heterocycles. The topological polar surface area (TPSA) is 59.0 Å². The number of benzene rings is 1. The van der Waals surface area contributed by atoms with Gasteiger partial charge >= 0.3 is 6.03 Å². The van der Waals surface area contributed by atoms with Crippen molar-refractivity contribution in [1.82, 2.24) is 15.1 Å². The lowest BCUT2D eigenvalue weighted by atomic mass is 10.2. The Morgan fingerprint density at radius 1 is 1.50 bits per heavy atom. The second-order valence-electron chi connectivity index (χ2n) is 3.85. The van der Waals surface area contributed by atoms with E-state index in [1.54, 1.807) is 36.1 Å². The molecule has 2 amide bonds. The molecule has 0 saturated carbocycles. The predicted molar refractivity (Wildman–Crippen MR) is 74.0 cm³/mol. The van der Waals surface area contributed by atoms with Crippen LogP contribution >= 0.6 is 0 Å². The molecule has 0 saturated heterocycles. The number of carbonyl (C=O) groups is 1. The summed E-state index contributed by atoms with van der Waals surface area (Å²) in [5, 5.41) is 9.19. The average molecular weight is 272 g/mol. The minimum Gasteiger partial charge on any atom is -0.327 e. The number of halogens is 1. The zero-order valence-corrected chi connectivity index (χ0v) is 10.9. The molecule has 0 aliphatic carbocycles. The van der Waals surface area contributed by atoms with Crippen molar-refractivity contribution in [1.29, 1.82) is 0 Å². The van der Waals surface area contributed by atoms with Gasteiger partial charge in [0.05, 0.1) is 17.9 Å². The van der Waals surface area contributed by atoms with Crippen LogP contribution in [0.15, 0.2) is 36.7 Å². The van der Waals surface area contributed by atoms with Crippen molar-refractivity contribution in [2.24, 2.45) is 0 Å². The van der Waals surface area contributed by atoms with Gasteiger partial charge in [0.1, 0.15) is 5.82 Å². The Labute approximate surface area is 115 Å². The first-order chi connectivity index (χ1) is 9.70. The highest BCUT2D eigenvalue weighted by atomic mass is 19.1. The highest BCUT2D eigenvalue weighted by molar-refractivity contribution is 5.91. The fourth-order valence-electron chi connectivity index (χ4n) is 1.60. The van der Waals surface area contributed by atoms with E-state index in [0.29, 0.717) is 11.4 Å². The van der Waals surface area contributed by atoms with E-state index in [9.17, 15) is 9.18 Å². The molecule has 6 heteroatoms. The van der Waals surface area contributed by atoms with Gasteiger partial charge < -0.3 is 10.6 Å². The summed E-state index contributed by atoms with van der Waals surface area (Å²) < 4.78 is 14.9. The number of anilines is 1. The lowest BCUT2D eigenvalue weighted by Crippen LogP contribution is -2.29. The summed E-state index contributed by atoms with van der Waals surface area (Å²) in [5.74, 6) is 4.93. The van der Waals surface area contributed by atoms with Crippen LogP contribution in [0.3, 0.4) is 0 Å². The third-order valence-corrected chi connectivity index (χ3v) is 2.47. The van der Waals surface area contributed by atoms with Crippen LogP contribution in [0.25, 0.3) is 5.69 Å². The quantitative estimate of drug-likeness (QED) is 0.841. The van der Waals surface area contributed by atoms with Gasteiger partial charge in [-0.25, -0.2) is 13.9 Å². The van der Waals surface area contributed by atoms with Crippen LogP contribution in [0.1, 0.15) is 6.92 Å². The molecule has 0 unspecified atom stereocenters. The van der Waals surface area contributed by atoms with Crippen LogP contribution in [0, 0.1) is 17.7 Å². The van der Waals surface area contributed by atoms with Crippen LogP contribution in [-0.4, -0.2) is 22.4 Å². The summed E-state index contributed by atoms with van der Waals surface area (Å²) in [5.41, 5.74) is 0.906. The summed E-state index contributed by atoms with van der Waals surface area (Å²) in [4.78, 5) is 11.7. The molecule has 1 aromatic carbocycles. The van der Waals surface area contributed by atoms with Crippen LogP contribution in [0.4, 0.5) is 14.9 Å². The third-order valence-electron chi connectivity index (χ3n) is 2.47. The normalized spacial score (nSPS) is 9.50. The number of hydrogen-bond donors (Lipinski definition) is 2. The molecule has 0 fully saturated rings. The number of amides is 2. The second-order valence-corrected chi connectivity index (χ2v) is 3.85. The number of nitrogens with zero attached hydrogens (tertiary/aromatic N) is 2. The van der Waals surface area contributed by atoms with E-state index in [2.05, 4.69) is 27.6 Å². The number of carbonyl (C=O) groups excluding carboxylic acids is 1. The van der Waals surface area contributed by atoms with Gasteiger partial charge in [-0.05, 0) is 31.2 Å². The third kappa shape index (κ3) is 3.36. The standard InChI is InChI=1S/C14H13FN4O/c1-2-3-7-16-14(20)18-12-10-11(15)5-6-13(12)19-9-4-8-17-19/h4-6,8-10H,7H2,1H3,(H2,16,18,20). The first-order valence-electron chi connectivity index (χ1n) is 5.94. The molecule has 102 valence electrons. The number of rotatable bonds is 3. The molecule has 5 nitrogen and oxygen atoms in total. The van der Waals surface area contributed by atoms with Crippen molar-refractivity contribution in [2.75, 3.05) is 11.9 Å². The molecule has 20 heavy (non-hydrogen) atoms. The van der Waals surface area contributed by atoms with E-state index in [0.717, 1.165) is 0 Å². The Morgan fingerprint density at radius 3 is 3.05 bits per heavy atom. The first-order valence-corrected chi connectivity index (χ1v) is 5.94. The minimum atomic E-state index is -0.452. The predicted octanol–water partition coefficient (Wildman–Crippen LogP) is 2.16. The lowest BCUT2D eigenvalue weighted by Gasteiger charge is -2.11. The van der Waals surface area contributed by atoms with Crippen LogP contribution in [0.2, 0.25) is 0 Å². The first kappa shape index (κ1) is 13.6. The van der Waals surface area contributed by atoms with Gasteiger partial charge in [0.2, 0.25) is 0 Å². The van der Waals surface area contributed by atoms with Gasteiger partial charge in [-0.2, -0.15) is 5.10 Å². The molecule has 0 radical (unpaired) electrons. The smallest absolute Gasteiger partial charge is 0.320 e. The van der Waals surface area contributed by atoms with E-state index >= 15 is 0 Å². The van der Waals surface area contributed by atoms with Crippen molar-refractivity contribution < 1.29 is 9.18 Å². The van der Waals surface area contributed by atoms with Gasteiger partial charge in [0.15, 0.2) is 0 Å². The van der Waals surface area contributed by atoms with E-state index in [-0.39, 0.29) is 6.54 Å². The maximum Gasteiger partial charge on any atom is 0.320 e. The van der Waals surface area contributed by atoms with Crippen molar-refractivity contribution in [3.63, 3.8) is 0 Å². The highest BCUT2D eigenvalue weighted by Crippen LogP contribution is 2.20. The summed E-state index contributed by atoms with van der Waals surface area (Å²) in [6.45, 7) is 1.91. The number of hydrogen-bond acceptors (Lipinski definition) is 2. The molecule has 0 aliphatic heterocycles. The van der Waals surface area contributed by atoms with Crippen molar-refractivity contribution >= 4 is 11.7 Å². The highest BCUT2D eigenvalue weighted by Gasteiger charge is 2.09. The second kappa shape index (κ2) is 6.38. The van der Waals surface area contributed by atoms with E-state index < -0.39 is 11.8 Å². The van der Waals surface area contributed by atoms with Crippen LogP contribution in [0.5, 0.6) is 0 Å². The summed E-state index contributed by atoms with van der Waals surface area (Å²) in [6.07, 6.45) is 3.31. The molecule has 2 aromatic rings. The Balaban J connectivity index is 2.19. The fraction of sp³-hybridized carbons (Fsp3) is 0.143. The number of nitrogens with one attached hydrogen (secondary N) is 2. The molecule has 0 bridgehead atoms.